The van der Waals surface area contributed by atoms with Crippen LogP contribution < -0.4 is 0 Å². The van der Waals surface area contributed by atoms with Gasteiger partial charge in [0.2, 0.25) is 0 Å². The summed E-state index contributed by atoms with van der Waals surface area (Å²) in [6.07, 6.45) is 4.97. The van der Waals surface area contributed by atoms with Crippen LogP contribution in [0.3, 0.4) is 0 Å². The molecule has 0 aliphatic carbocycles. The summed E-state index contributed by atoms with van der Waals surface area (Å²) < 4.78 is 18.7. The van der Waals surface area contributed by atoms with Crippen LogP contribution >= 0.6 is 8.69 Å². The summed E-state index contributed by atoms with van der Waals surface area (Å²) in [6.45, 7) is 11.9. The average molecular weight is 203 g/mol. The molecule has 0 radical (unpaired) electrons. The van der Waals surface area contributed by atoms with Gasteiger partial charge in [0.15, 0.2) is 0 Å². The minimum atomic E-state index is -0.657. The van der Waals surface area contributed by atoms with E-state index in [0.717, 1.165) is 0 Å². The van der Waals surface area contributed by atoms with E-state index in [1.165, 1.54) is 0 Å². The minimum absolute atomic E-state index is 0.377. The van der Waals surface area contributed by atoms with E-state index in [1.807, 2.05) is 0 Å². The topological polar surface area (TPSA) is 35.5 Å². The van der Waals surface area contributed by atoms with Crippen LogP contribution in [0.2, 0.25) is 0 Å². The van der Waals surface area contributed by atoms with Crippen molar-refractivity contribution < 1.29 is 13.8 Å². The van der Waals surface area contributed by atoms with Crippen molar-refractivity contribution in [2.75, 3.05) is 19.8 Å². The molecule has 0 aliphatic rings. The zero-order chi connectivity index (χ0) is 10.4. The molecule has 0 N–H and O–H groups in total. The maximum absolute atomic E-state index is 9.45. The molecule has 1 atom stereocenters. The zero-order valence-corrected chi connectivity index (χ0v) is 8.70. The molecule has 0 saturated heterocycles. The van der Waals surface area contributed by atoms with Crippen LogP contribution in [-0.4, -0.2) is 19.8 Å². The van der Waals surface area contributed by atoms with Gasteiger partial charge in [-0.15, -0.1) is 24.3 Å². The third-order valence-corrected chi connectivity index (χ3v) is 1.02. The van der Waals surface area contributed by atoms with E-state index in [9.17, 15) is 4.57 Å². The third kappa shape index (κ3) is 24.6. The fourth-order valence-electron chi connectivity index (χ4n) is 0.328. The van der Waals surface area contributed by atoms with Crippen LogP contribution in [-0.2, 0) is 13.8 Å². The van der Waals surface area contributed by atoms with E-state index < -0.39 is 8.69 Å². The molecule has 0 aliphatic heterocycles. The largest absolute Gasteiger partial charge is 0.494 e. The van der Waals surface area contributed by atoms with Crippen molar-refractivity contribution in [3.05, 3.63) is 38.0 Å². The molecule has 13 heavy (non-hydrogen) atoms. The van der Waals surface area contributed by atoms with E-state index >= 15 is 0 Å². The summed E-state index contributed by atoms with van der Waals surface area (Å²) in [5.41, 5.74) is 0. The molecule has 0 spiro atoms. The lowest BCUT2D eigenvalue weighted by molar-refractivity contribution is 0.194. The van der Waals surface area contributed by atoms with E-state index in [1.54, 1.807) is 18.2 Å². The number of rotatable bonds is 7. The molecule has 1 unspecified atom stereocenters. The van der Waals surface area contributed by atoms with Gasteiger partial charge in [0, 0.05) is 0 Å². The van der Waals surface area contributed by atoms with Crippen molar-refractivity contribution in [2.24, 2.45) is 0 Å². The van der Waals surface area contributed by atoms with Gasteiger partial charge in [0.1, 0.15) is 6.61 Å². The first-order valence-corrected chi connectivity index (χ1v) is 4.54. The highest BCUT2D eigenvalue weighted by Gasteiger charge is 1.79. The molecule has 0 rings (SSSR count). The summed E-state index contributed by atoms with van der Waals surface area (Å²) in [5.74, 6) is 0. The standard InChI is InChI=1S/C6H10O.C3H6O2P/c1-3-5-7-6-4-2;1-2-3-5-6-4/h3-4H,1-2,5-6H2;2,6H,1,3H2/q;+1. The second kappa shape index (κ2) is 17.4. The van der Waals surface area contributed by atoms with E-state index in [2.05, 4.69) is 24.3 Å². The first kappa shape index (κ1) is 14.7. The molecule has 0 aromatic carbocycles. The molecule has 0 fully saturated rings. The van der Waals surface area contributed by atoms with Crippen LogP contribution in [0.1, 0.15) is 0 Å². The monoisotopic (exact) mass is 203 g/mol. The molecular weight excluding hydrogens is 187 g/mol. The van der Waals surface area contributed by atoms with Crippen molar-refractivity contribution in [1.29, 1.82) is 0 Å². The van der Waals surface area contributed by atoms with Crippen LogP contribution in [0, 0.1) is 0 Å². The predicted octanol–water partition coefficient (Wildman–Crippen LogP) is 2.50. The van der Waals surface area contributed by atoms with Crippen LogP contribution in [0.25, 0.3) is 0 Å². The Morgan fingerprint density at radius 1 is 1.00 bits per heavy atom. The number of hydrogen-bond acceptors (Lipinski definition) is 3. The summed E-state index contributed by atoms with van der Waals surface area (Å²) in [6, 6.07) is 0. The Bertz CT molecular complexity index is 130. The Morgan fingerprint density at radius 2 is 1.46 bits per heavy atom. The minimum Gasteiger partial charge on any atom is -0.373 e. The van der Waals surface area contributed by atoms with Crippen molar-refractivity contribution in [3.63, 3.8) is 0 Å². The first-order valence-electron chi connectivity index (χ1n) is 3.72. The predicted molar refractivity (Wildman–Crippen MR) is 56.4 cm³/mol. The second-order valence-electron chi connectivity index (χ2n) is 1.80. The van der Waals surface area contributed by atoms with E-state index in [0.29, 0.717) is 19.8 Å². The highest BCUT2D eigenvalue weighted by atomic mass is 31.1. The van der Waals surface area contributed by atoms with Gasteiger partial charge in [-0.25, -0.2) is 0 Å². The highest BCUT2D eigenvalue weighted by Crippen LogP contribution is 1.90. The van der Waals surface area contributed by atoms with Crippen LogP contribution in [0.4, 0.5) is 0 Å². The summed E-state index contributed by atoms with van der Waals surface area (Å²) in [4.78, 5) is 0. The molecule has 0 amide bonds. The van der Waals surface area contributed by atoms with Crippen LogP contribution in [0.15, 0.2) is 38.0 Å². The molecule has 74 valence electrons. The maximum Gasteiger partial charge on any atom is 0.494 e. The molecule has 4 heteroatoms. The van der Waals surface area contributed by atoms with Gasteiger partial charge in [0.25, 0.3) is 0 Å². The van der Waals surface area contributed by atoms with Crippen molar-refractivity contribution >= 4 is 8.69 Å². The van der Waals surface area contributed by atoms with Crippen molar-refractivity contribution in [3.8, 4) is 0 Å². The lowest BCUT2D eigenvalue weighted by atomic mass is 10.6. The van der Waals surface area contributed by atoms with Crippen LogP contribution in [0.5, 0.6) is 0 Å². The lowest BCUT2D eigenvalue weighted by Crippen LogP contribution is -1.87. The summed E-state index contributed by atoms with van der Waals surface area (Å²) in [7, 11) is -0.657. The number of ether oxygens (including phenoxy) is 1. The summed E-state index contributed by atoms with van der Waals surface area (Å²) in [5, 5.41) is 0. The first-order chi connectivity index (χ1) is 6.33. The molecule has 0 aromatic rings. The molecule has 0 saturated carbocycles. The Kier molecular flexibility index (Phi) is 19.7. The Hall–Kier alpha value is -0.760. The third-order valence-electron chi connectivity index (χ3n) is 0.732. The summed E-state index contributed by atoms with van der Waals surface area (Å²) >= 11 is 0. The Morgan fingerprint density at radius 3 is 1.69 bits per heavy atom. The molecule has 0 aromatic heterocycles. The second-order valence-corrected chi connectivity index (χ2v) is 2.25. The van der Waals surface area contributed by atoms with Gasteiger partial charge in [0.05, 0.1) is 13.2 Å². The zero-order valence-electron chi connectivity index (χ0n) is 7.70. The van der Waals surface area contributed by atoms with E-state index in [-0.39, 0.29) is 0 Å². The highest BCUT2D eigenvalue weighted by molar-refractivity contribution is 7.17. The van der Waals surface area contributed by atoms with Gasteiger partial charge in [-0.05, 0) is 4.57 Å². The fourth-order valence-corrected chi connectivity index (χ4v) is 0.514. The van der Waals surface area contributed by atoms with Crippen molar-refractivity contribution in [2.45, 2.75) is 0 Å². The van der Waals surface area contributed by atoms with Gasteiger partial charge in [-0.3, -0.25) is 0 Å². The average Bonchev–Trinajstić information content (AvgIpc) is 2.17. The quantitative estimate of drug-likeness (QED) is 0.362. The van der Waals surface area contributed by atoms with Gasteiger partial charge in [-0.2, -0.15) is 0 Å². The SMILES string of the molecule is C=CCOCC=C.C=CCO[PH+]=O. The number of hydrogen-bond donors (Lipinski definition) is 0. The molecule has 0 heterocycles. The normalized spacial score (nSPS) is 8.31. The Labute approximate surface area is 81.0 Å². The van der Waals surface area contributed by atoms with Crippen molar-refractivity contribution in [1.82, 2.24) is 0 Å². The molecule has 0 bridgehead atoms. The fraction of sp³-hybridized carbons (Fsp3) is 0.333. The Balaban J connectivity index is 0. The van der Waals surface area contributed by atoms with Gasteiger partial charge in [-0.1, -0.05) is 18.2 Å². The lowest BCUT2D eigenvalue weighted by Gasteiger charge is -1.89. The van der Waals surface area contributed by atoms with E-state index in [4.69, 9.17) is 4.74 Å². The maximum atomic E-state index is 9.45. The van der Waals surface area contributed by atoms with Gasteiger partial charge >= 0.3 is 8.69 Å². The smallest absolute Gasteiger partial charge is 0.373 e. The molecular formula is C9H16O3P+. The van der Waals surface area contributed by atoms with Gasteiger partial charge < -0.3 is 4.74 Å². The molecule has 3 nitrogen and oxygen atoms in total.